The first kappa shape index (κ1) is 55.8. The highest BCUT2D eigenvalue weighted by Crippen LogP contribution is 2.30. The molecule has 0 aromatic carbocycles. The van der Waals surface area contributed by atoms with E-state index in [1.54, 1.807) is 0 Å². The van der Waals surface area contributed by atoms with Crippen LogP contribution in [0.15, 0.2) is 60.8 Å². The van der Waals surface area contributed by atoms with Gasteiger partial charge in [0.1, 0.15) is 48.8 Å². The van der Waals surface area contributed by atoms with Gasteiger partial charge >= 0.3 is 0 Å². The molecule has 0 aromatic heterocycles. The summed E-state index contributed by atoms with van der Waals surface area (Å²) >= 11 is 0. The van der Waals surface area contributed by atoms with Crippen molar-refractivity contribution in [3.63, 3.8) is 0 Å². The summed E-state index contributed by atoms with van der Waals surface area (Å²) in [7, 11) is 0. The molecule has 12 unspecified atom stereocenters. The van der Waals surface area contributed by atoms with E-state index in [1.165, 1.54) is 32.1 Å². The van der Waals surface area contributed by atoms with Crippen LogP contribution < -0.4 is 5.32 Å². The Labute approximate surface area is 371 Å². The van der Waals surface area contributed by atoms with E-state index in [2.05, 4.69) is 73.0 Å². The molecular weight excluding hydrogens is 799 g/mol. The fourth-order valence-corrected chi connectivity index (χ4v) is 7.38. The lowest BCUT2D eigenvalue weighted by atomic mass is 9.97. The average Bonchev–Trinajstić information content (AvgIpc) is 3.27. The zero-order valence-corrected chi connectivity index (χ0v) is 37.6. The van der Waals surface area contributed by atoms with Gasteiger partial charge in [-0.3, -0.25) is 4.79 Å². The topological polar surface area (TPSA) is 228 Å². The molecule has 0 spiro atoms. The minimum absolute atomic E-state index is 0.230. The third-order valence-corrected chi connectivity index (χ3v) is 11.2. The summed E-state index contributed by atoms with van der Waals surface area (Å²) in [5.74, 6) is -0.230. The van der Waals surface area contributed by atoms with Crippen LogP contribution in [0.1, 0.15) is 142 Å². The highest BCUT2D eigenvalue weighted by atomic mass is 16.7. The van der Waals surface area contributed by atoms with Crippen molar-refractivity contribution in [2.45, 2.75) is 216 Å². The second-order valence-electron chi connectivity index (χ2n) is 16.5. The van der Waals surface area contributed by atoms with E-state index in [4.69, 9.17) is 18.9 Å². The van der Waals surface area contributed by atoms with Gasteiger partial charge in [-0.05, 0) is 57.8 Å². The van der Waals surface area contributed by atoms with Crippen molar-refractivity contribution in [3.05, 3.63) is 60.8 Å². The summed E-state index contributed by atoms with van der Waals surface area (Å²) in [6, 6.07) is -0.830. The van der Waals surface area contributed by atoms with Crippen LogP contribution >= 0.6 is 0 Å². The van der Waals surface area contributed by atoms with Crippen LogP contribution in [0.5, 0.6) is 0 Å². The monoisotopic (exact) mass is 882 g/mol. The van der Waals surface area contributed by atoms with Crippen LogP contribution in [0.25, 0.3) is 0 Å². The van der Waals surface area contributed by atoms with Crippen molar-refractivity contribution in [3.8, 4) is 0 Å². The number of aliphatic hydroxyl groups is 8. The van der Waals surface area contributed by atoms with Gasteiger partial charge in [0.15, 0.2) is 12.6 Å². The second kappa shape index (κ2) is 35.0. The Hall–Kier alpha value is -2.31. The SMILES string of the molecule is CC/C=C\C/C=C\C/C=C\C/C=C\C/C=C\CCCCCCCCCCCC(=O)NC(COC1OC(CO)C(OC2OC(CO)C(O)C(O)C2O)C(O)C1O)C(O)CCCCC. The predicted molar refractivity (Wildman–Crippen MR) is 240 cm³/mol. The van der Waals surface area contributed by atoms with Crippen LogP contribution in [0, 0.1) is 0 Å². The Morgan fingerprint density at radius 1 is 0.597 bits per heavy atom. The molecule has 12 atom stereocenters. The molecule has 0 bridgehead atoms. The largest absolute Gasteiger partial charge is 0.394 e. The Balaban J connectivity index is 1.65. The fourth-order valence-electron chi connectivity index (χ4n) is 7.38. The number of ether oxygens (including phenoxy) is 4. The number of carbonyl (C=O) groups excluding carboxylic acids is 1. The van der Waals surface area contributed by atoms with Gasteiger partial charge in [-0.2, -0.15) is 0 Å². The van der Waals surface area contributed by atoms with Gasteiger partial charge in [-0.15, -0.1) is 0 Å². The molecule has 2 aliphatic rings. The fraction of sp³-hybridized carbons (Fsp3) is 0.771. The van der Waals surface area contributed by atoms with E-state index in [1.807, 2.05) is 6.92 Å². The van der Waals surface area contributed by atoms with Gasteiger partial charge in [0.2, 0.25) is 5.91 Å². The molecule has 1 amide bonds. The van der Waals surface area contributed by atoms with E-state index in [-0.39, 0.29) is 12.5 Å². The van der Waals surface area contributed by atoms with Crippen molar-refractivity contribution in [2.24, 2.45) is 0 Å². The first-order valence-electron chi connectivity index (χ1n) is 23.5. The number of rotatable bonds is 34. The highest BCUT2D eigenvalue weighted by Gasteiger charge is 2.51. The molecule has 0 aliphatic carbocycles. The third-order valence-electron chi connectivity index (χ3n) is 11.2. The van der Waals surface area contributed by atoms with Crippen LogP contribution in [0.2, 0.25) is 0 Å². The molecule has 14 nitrogen and oxygen atoms in total. The van der Waals surface area contributed by atoms with Gasteiger partial charge in [0.05, 0.1) is 32.0 Å². The van der Waals surface area contributed by atoms with E-state index < -0.39 is 86.8 Å². The maximum absolute atomic E-state index is 13.0. The van der Waals surface area contributed by atoms with Gasteiger partial charge < -0.3 is 65.1 Å². The van der Waals surface area contributed by atoms with Gasteiger partial charge in [-0.25, -0.2) is 0 Å². The molecular formula is C48H83NO13. The van der Waals surface area contributed by atoms with Gasteiger partial charge in [0, 0.05) is 6.42 Å². The van der Waals surface area contributed by atoms with Crippen LogP contribution in [-0.4, -0.2) is 140 Å². The Morgan fingerprint density at radius 3 is 1.68 bits per heavy atom. The maximum atomic E-state index is 13.0. The number of carbonyl (C=O) groups is 1. The first-order valence-corrected chi connectivity index (χ1v) is 23.5. The Morgan fingerprint density at radius 2 is 1.11 bits per heavy atom. The average molecular weight is 882 g/mol. The molecule has 2 heterocycles. The summed E-state index contributed by atoms with van der Waals surface area (Å²) in [5, 5.41) is 85.9. The predicted octanol–water partition coefficient (Wildman–Crippen LogP) is 5.10. The number of hydrogen-bond acceptors (Lipinski definition) is 13. The zero-order valence-electron chi connectivity index (χ0n) is 37.6. The molecule has 0 saturated carbocycles. The second-order valence-corrected chi connectivity index (χ2v) is 16.5. The molecule has 2 aliphatic heterocycles. The van der Waals surface area contributed by atoms with E-state index in [0.29, 0.717) is 19.3 Å². The lowest BCUT2D eigenvalue weighted by Gasteiger charge is -2.46. The van der Waals surface area contributed by atoms with Crippen LogP contribution in [-0.2, 0) is 23.7 Å². The number of aliphatic hydroxyl groups excluding tert-OH is 8. The number of unbranched alkanes of at least 4 members (excludes halogenated alkanes) is 11. The zero-order chi connectivity index (χ0) is 45.4. The van der Waals surface area contributed by atoms with Crippen molar-refractivity contribution >= 4 is 5.91 Å². The van der Waals surface area contributed by atoms with Crippen molar-refractivity contribution in [1.82, 2.24) is 5.32 Å². The lowest BCUT2D eigenvalue weighted by molar-refractivity contribution is -0.359. The molecule has 2 rings (SSSR count). The summed E-state index contributed by atoms with van der Waals surface area (Å²) in [6.07, 6.45) is 24.8. The van der Waals surface area contributed by atoms with Crippen molar-refractivity contribution in [2.75, 3.05) is 19.8 Å². The highest BCUT2D eigenvalue weighted by molar-refractivity contribution is 5.76. The molecule has 2 saturated heterocycles. The number of amides is 1. The molecule has 9 N–H and O–H groups in total. The molecule has 14 heteroatoms. The maximum Gasteiger partial charge on any atom is 0.220 e. The third kappa shape index (κ3) is 22.5. The first-order chi connectivity index (χ1) is 30.1. The lowest BCUT2D eigenvalue weighted by Crippen LogP contribution is -2.65. The quantitative estimate of drug-likeness (QED) is 0.0304. The summed E-state index contributed by atoms with van der Waals surface area (Å²) < 4.78 is 22.5. The number of nitrogens with one attached hydrogen (secondary N) is 1. The van der Waals surface area contributed by atoms with Crippen LogP contribution in [0.4, 0.5) is 0 Å². The molecule has 0 aromatic rings. The minimum Gasteiger partial charge on any atom is -0.394 e. The number of hydrogen-bond donors (Lipinski definition) is 9. The van der Waals surface area contributed by atoms with Crippen molar-refractivity contribution < 1.29 is 64.6 Å². The molecule has 62 heavy (non-hydrogen) atoms. The van der Waals surface area contributed by atoms with E-state index >= 15 is 0 Å². The van der Waals surface area contributed by atoms with Gasteiger partial charge in [0.25, 0.3) is 0 Å². The summed E-state index contributed by atoms with van der Waals surface area (Å²) in [5.41, 5.74) is 0. The molecule has 2 fully saturated rings. The minimum atomic E-state index is -1.78. The molecule has 0 radical (unpaired) electrons. The van der Waals surface area contributed by atoms with Crippen LogP contribution in [0.3, 0.4) is 0 Å². The summed E-state index contributed by atoms with van der Waals surface area (Å²) in [4.78, 5) is 13.0. The summed E-state index contributed by atoms with van der Waals surface area (Å²) in [6.45, 7) is 2.52. The Kier molecular flexibility index (Phi) is 31.5. The standard InChI is InChI=1S/C48H83NO13/c1-3-5-7-8-9-10-11-12-13-14-15-16-17-18-19-20-21-22-23-24-25-26-27-28-30-32-40(53)49-36(37(52)31-29-6-4-2)35-59-47-45(58)43(56)46(39(34-51)61-47)62-48-44(57)42(55)41(54)38(33-50)60-48/h5,7,9-10,12-13,15-16,18-19,36-39,41-48,50-52,54-58H,3-4,6,8,11,14,17,20-35H2,1-2H3,(H,49,53)/b7-5-,10-9-,13-12-,16-15-,19-18-. The normalized spacial score (nSPS) is 28.3. The van der Waals surface area contributed by atoms with E-state index in [0.717, 1.165) is 77.0 Å². The van der Waals surface area contributed by atoms with Gasteiger partial charge in [-0.1, -0.05) is 139 Å². The smallest absolute Gasteiger partial charge is 0.220 e. The Bertz CT molecular complexity index is 1270. The number of allylic oxidation sites excluding steroid dienone is 10. The molecule has 358 valence electrons. The van der Waals surface area contributed by atoms with Crippen molar-refractivity contribution in [1.29, 1.82) is 0 Å². The van der Waals surface area contributed by atoms with E-state index in [9.17, 15) is 45.6 Å².